The van der Waals surface area contributed by atoms with Crippen LogP contribution in [-0.4, -0.2) is 66.9 Å². The molecule has 7 nitrogen and oxygen atoms in total. The maximum atomic E-state index is 12.1. The van der Waals surface area contributed by atoms with Crippen LogP contribution >= 0.6 is 0 Å². The second-order valence-electron chi connectivity index (χ2n) is 7.03. The molecule has 0 radical (unpaired) electrons. The van der Waals surface area contributed by atoms with E-state index in [-0.39, 0.29) is 4.75 Å². The molecule has 2 rings (SSSR count). The number of hydrogen-bond acceptors (Lipinski definition) is 4. The fourth-order valence-corrected chi connectivity index (χ4v) is 3.61. The van der Waals surface area contributed by atoms with E-state index in [9.17, 15) is 4.21 Å². The number of H-pyrrole nitrogens is 1. The summed E-state index contributed by atoms with van der Waals surface area (Å²) >= 11 is 0. The summed E-state index contributed by atoms with van der Waals surface area (Å²) in [6.07, 6.45) is 3.64. The molecule has 1 aromatic heterocycles. The molecule has 1 aliphatic heterocycles. The van der Waals surface area contributed by atoms with Crippen LogP contribution in [0, 0.1) is 0 Å². The van der Waals surface area contributed by atoms with E-state index in [0.29, 0.717) is 18.2 Å². The molecule has 24 heavy (non-hydrogen) atoms. The zero-order chi connectivity index (χ0) is 17.6. The molecule has 0 saturated carbocycles. The van der Waals surface area contributed by atoms with E-state index < -0.39 is 10.8 Å². The highest BCUT2D eigenvalue weighted by Gasteiger charge is 2.24. The first-order valence-corrected chi connectivity index (χ1v) is 10.0. The maximum absolute atomic E-state index is 12.1. The molecule has 1 saturated heterocycles. The summed E-state index contributed by atoms with van der Waals surface area (Å²) in [4.78, 5) is 11.2. The molecule has 8 heteroatoms. The van der Waals surface area contributed by atoms with Crippen LogP contribution in [0.15, 0.2) is 11.3 Å². The van der Waals surface area contributed by atoms with Crippen LogP contribution in [0.2, 0.25) is 0 Å². The number of nitrogens with one attached hydrogen (secondary N) is 2. The van der Waals surface area contributed by atoms with Crippen LogP contribution in [0.3, 0.4) is 0 Å². The first-order valence-electron chi connectivity index (χ1n) is 8.68. The van der Waals surface area contributed by atoms with Crippen LogP contribution in [0.1, 0.15) is 52.3 Å². The van der Waals surface area contributed by atoms with E-state index in [0.717, 1.165) is 44.3 Å². The number of piperidine rings is 1. The molecular formula is C16H30N6OS. The number of aromatic amines is 1. The van der Waals surface area contributed by atoms with Crippen LogP contribution in [0.5, 0.6) is 0 Å². The average molecular weight is 355 g/mol. The van der Waals surface area contributed by atoms with E-state index in [4.69, 9.17) is 0 Å². The van der Waals surface area contributed by atoms with Crippen molar-refractivity contribution in [3.05, 3.63) is 12.2 Å². The summed E-state index contributed by atoms with van der Waals surface area (Å²) in [5.41, 5.74) is 0. The molecule has 1 atom stereocenters. The normalized spacial score (nSPS) is 18.7. The lowest BCUT2D eigenvalue weighted by atomic mass is 9.96. The first kappa shape index (κ1) is 18.9. The summed E-state index contributed by atoms with van der Waals surface area (Å²) in [6, 6.07) is 0. The molecular weight excluding hydrogens is 324 g/mol. The molecule has 2 N–H and O–H groups in total. The van der Waals surface area contributed by atoms with Gasteiger partial charge in [-0.25, -0.2) is 4.98 Å². The van der Waals surface area contributed by atoms with E-state index in [2.05, 4.69) is 37.3 Å². The van der Waals surface area contributed by atoms with Gasteiger partial charge in [0.25, 0.3) is 0 Å². The number of aliphatic imine (C=N–C) groups is 1. The van der Waals surface area contributed by atoms with E-state index in [1.807, 2.05) is 20.8 Å². The van der Waals surface area contributed by atoms with Gasteiger partial charge in [-0.15, -0.1) is 0 Å². The summed E-state index contributed by atoms with van der Waals surface area (Å²) in [7, 11) is -0.861. The molecule has 2 heterocycles. The van der Waals surface area contributed by atoms with Gasteiger partial charge in [-0.1, -0.05) is 0 Å². The van der Waals surface area contributed by atoms with E-state index in [1.54, 1.807) is 6.33 Å². The van der Waals surface area contributed by atoms with E-state index in [1.165, 1.54) is 0 Å². The Bertz CT molecular complexity index is 543. The van der Waals surface area contributed by atoms with Crippen LogP contribution in [0.25, 0.3) is 0 Å². The lowest BCUT2D eigenvalue weighted by molar-refractivity contribution is 0.299. The van der Waals surface area contributed by atoms with E-state index >= 15 is 0 Å². The van der Waals surface area contributed by atoms with Crippen molar-refractivity contribution in [3.8, 4) is 0 Å². The largest absolute Gasteiger partial charge is 0.357 e. The van der Waals surface area contributed by atoms with Crippen molar-refractivity contribution in [1.82, 2.24) is 25.4 Å². The Morgan fingerprint density at radius 1 is 1.46 bits per heavy atom. The van der Waals surface area contributed by atoms with Gasteiger partial charge in [-0.05, 0) is 40.5 Å². The zero-order valence-electron chi connectivity index (χ0n) is 15.2. The third-order valence-corrected chi connectivity index (χ3v) is 6.09. The minimum absolute atomic E-state index is 0.177. The van der Waals surface area contributed by atoms with Gasteiger partial charge in [-0.3, -0.25) is 14.3 Å². The predicted octanol–water partition coefficient (Wildman–Crippen LogP) is 1.50. The van der Waals surface area contributed by atoms with Gasteiger partial charge in [0, 0.05) is 46.9 Å². The smallest absolute Gasteiger partial charge is 0.193 e. The molecule has 0 aromatic carbocycles. The monoisotopic (exact) mass is 354 g/mol. The summed E-state index contributed by atoms with van der Waals surface area (Å²) in [6.45, 7) is 11.4. The van der Waals surface area contributed by atoms with Crippen molar-refractivity contribution in [1.29, 1.82) is 0 Å². The van der Waals surface area contributed by atoms with Crippen molar-refractivity contribution in [2.75, 3.05) is 31.9 Å². The number of guanidine groups is 1. The lowest BCUT2D eigenvalue weighted by Gasteiger charge is -2.33. The number of likely N-dealkylation sites (tertiary alicyclic amines) is 1. The number of nitrogens with zero attached hydrogens (tertiary/aromatic N) is 4. The highest BCUT2D eigenvalue weighted by Crippen LogP contribution is 2.24. The van der Waals surface area contributed by atoms with Crippen molar-refractivity contribution in [2.24, 2.45) is 4.99 Å². The molecule has 1 unspecified atom stereocenters. The molecule has 0 aliphatic carbocycles. The molecule has 1 fully saturated rings. The average Bonchev–Trinajstić information content (AvgIpc) is 3.07. The molecule has 0 spiro atoms. The third-order valence-electron chi connectivity index (χ3n) is 4.17. The van der Waals surface area contributed by atoms with Gasteiger partial charge in [0.05, 0.1) is 6.54 Å². The van der Waals surface area contributed by atoms with Gasteiger partial charge in [-0.2, -0.15) is 5.10 Å². The minimum Gasteiger partial charge on any atom is -0.357 e. The molecule has 0 amide bonds. The fourth-order valence-electron chi connectivity index (χ4n) is 2.74. The Balaban J connectivity index is 1.88. The Kier molecular flexibility index (Phi) is 6.77. The second-order valence-corrected chi connectivity index (χ2v) is 9.35. The minimum atomic E-state index is -0.861. The van der Waals surface area contributed by atoms with Crippen molar-refractivity contribution in [2.45, 2.75) is 51.2 Å². The summed E-state index contributed by atoms with van der Waals surface area (Å²) < 4.78 is 12.0. The Morgan fingerprint density at radius 3 is 2.71 bits per heavy atom. The molecule has 136 valence electrons. The Labute approximate surface area is 147 Å². The van der Waals surface area contributed by atoms with Crippen molar-refractivity contribution in [3.63, 3.8) is 0 Å². The molecule has 0 bridgehead atoms. The van der Waals surface area contributed by atoms with Crippen LogP contribution < -0.4 is 5.32 Å². The highest BCUT2D eigenvalue weighted by molar-refractivity contribution is 7.86. The zero-order valence-corrected chi connectivity index (χ0v) is 16.0. The quantitative estimate of drug-likeness (QED) is 0.618. The van der Waals surface area contributed by atoms with Gasteiger partial charge in [0.2, 0.25) is 0 Å². The topological polar surface area (TPSA) is 86.3 Å². The first-order chi connectivity index (χ1) is 11.4. The lowest BCUT2D eigenvalue weighted by Crippen LogP contribution is -2.45. The summed E-state index contributed by atoms with van der Waals surface area (Å²) in [5.74, 6) is 2.96. The molecule has 1 aliphatic rings. The van der Waals surface area contributed by atoms with Gasteiger partial charge in [0.15, 0.2) is 5.96 Å². The summed E-state index contributed by atoms with van der Waals surface area (Å²) in [5, 5.41) is 10.3. The van der Waals surface area contributed by atoms with Crippen LogP contribution in [0.4, 0.5) is 0 Å². The Hall–Kier alpha value is -1.44. The highest BCUT2D eigenvalue weighted by atomic mass is 32.2. The van der Waals surface area contributed by atoms with Gasteiger partial charge < -0.3 is 10.2 Å². The molecule has 1 aromatic rings. The second kappa shape index (κ2) is 8.60. The Morgan fingerprint density at radius 2 is 2.17 bits per heavy atom. The van der Waals surface area contributed by atoms with Crippen molar-refractivity contribution < 1.29 is 4.21 Å². The van der Waals surface area contributed by atoms with Gasteiger partial charge in [0.1, 0.15) is 12.2 Å². The van der Waals surface area contributed by atoms with Crippen molar-refractivity contribution >= 4 is 16.8 Å². The number of hydrogen-bond donors (Lipinski definition) is 2. The standard InChI is InChI=1S/C16H30N6OS/c1-5-17-15(18-8-11-24(23)16(2,3)4)22-9-6-13(7-10-22)14-19-12-20-21-14/h12-13H,5-11H2,1-4H3,(H,17,18)(H,19,20,21). The maximum Gasteiger partial charge on any atom is 0.193 e. The third kappa shape index (κ3) is 5.29. The number of rotatable bonds is 5. The predicted molar refractivity (Wildman–Crippen MR) is 98.7 cm³/mol. The van der Waals surface area contributed by atoms with Crippen LogP contribution in [-0.2, 0) is 10.8 Å². The fraction of sp³-hybridized carbons (Fsp3) is 0.812. The number of aromatic nitrogens is 3. The SMILES string of the molecule is CCNC(=NCCS(=O)C(C)(C)C)N1CCC(c2ncn[nH]2)CC1. The van der Waals surface area contributed by atoms with Gasteiger partial charge >= 0.3 is 0 Å².